The molecule has 1 aromatic carbocycles. The Morgan fingerprint density at radius 2 is 2.00 bits per heavy atom. The molecule has 24 heavy (non-hydrogen) atoms. The molecule has 0 unspecified atom stereocenters. The third-order valence-electron chi connectivity index (χ3n) is 5.00. The fraction of sp³-hybridized carbons (Fsp3) is 0.450. The minimum Gasteiger partial charge on any atom is -0.494 e. The zero-order valence-corrected chi connectivity index (χ0v) is 15.0. The molecule has 2 aliphatic rings. The monoisotopic (exact) mass is 341 g/mol. The molecule has 126 valence electrons. The number of carbonyl (C=O) groups is 1. The normalized spacial score (nSPS) is 16.5. The van der Waals surface area contributed by atoms with Crippen LogP contribution in [0.2, 0.25) is 0 Å². The predicted octanol–water partition coefficient (Wildman–Crippen LogP) is 4.22. The van der Waals surface area contributed by atoms with Gasteiger partial charge in [-0.15, -0.1) is 11.3 Å². The number of fused-ring (bicyclic) bond motifs is 2. The largest absolute Gasteiger partial charge is 0.494 e. The van der Waals surface area contributed by atoms with Crippen molar-refractivity contribution in [3.63, 3.8) is 0 Å². The van der Waals surface area contributed by atoms with Crippen LogP contribution < -0.4 is 4.74 Å². The van der Waals surface area contributed by atoms with E-state index < -0.39 is 0 Å². The van der Waals surface area contributed by atoms with E-state index in [1.165, 1.54) is 34.4 Å². The summed E-state index contributed by atoms with van der Waals surface area (Å²) in [4.78, 5) is 17.3. The average molecular weight is 341 g/mol. The molecule has 4 heteroatoms. The van der Waals surface area contributed by atoms with E-state index in [0.717, 1.165) is 36.4 Å². The minimum atomic E-state index is 0.196. The first-order chi connectivity index (χ1) is 11.7. The number of benzene rings is 1. The van der Waals surface area contributed by atoms with E-state index in [9.17, 15) is 4.79 Å². The molecular formula is C20H23NO2S. The molecule has 0 N–H and O–H groups in total. The highest BCUT2D eigenvalue weighted by Crippen LogP contribution is 2.32. The van der Waals surface area contributed by atoms with Gasteiger partial charge in [0.25, 0.3) is 5.91 Å². The molecule has 0 saturated heterocycles. The van der Waals surface area contributed by atoms with Crippen LogP contribution in [-0.2, 0) is 25.8 Å². The Hall–Kier alpha value is -1.81. The number of aryl methyl sites for hydroxylation is 2. The molecule has 1 aromatic heterocycles. The summed E-state index contributed by atoms with van der Waals surface area (Å²) in [7, 11) is 0. The van der Waals surface area contributed by atoms with Crippen molar-refractivity contribution < 1.29 is 9.53 Å². The number of nitrogens with zero attached hydrogens (tertiary/aromatic N) is 1. The van der Waals surface area contributed by atoms with Crippen molar-refractivity contribution in [3.05, 3.63) is 50.7 Å². The summed E-state index contributed by atoms with van der Waals surface area (Å²) < 4.78 is 5.61. The van der Waals surface area contributed by atoms with E-state index in [4.69, 9.17) is 4.74 Å². The second-order valence-electron chi connectivity index (χ2n) is 6.61. The molecule has 2 heterocycles. The third-order valence-corrected chi connectivity index (χ3v) is 6.22. The van der Waals surface area contributed by atoms with Crippen molar-refractivity contribution in [3.8, 4) is 5.75 Å². The van der Waals surface area contributed by atoms with Crippen LogP contribution in [0.1, 0.15) is 51.0 Å². The molecule has 0 radical (unpaired) electrons. The van der Waals surface area contributed by atoms with E-state index in [0.29, 0.717) is 13.2 Å². The van der Waals surface area contributed by atoms with Gasteiger partial charge in [-0.1, -0.05) is 6.07 Å². The predicted molar refractivity (Wildman–Crippen MR) is 97.0 cm³/mol. The SMILES string of the molecule is CCOc1ccc2c(c1)CN(C(=O)c1cc3c(s1)CCCC3)CC2. The first-order valence-electron chi connectivity index (χ1n) is 8.90. The molecule has 0 spiro atoms. The number of thiophene rings is 1. The fourth-order valence-corrected chi connectivity index (χ4v) is 4.94. The molecule has 1 aliphatic heterocycles. The summed E-state index contributed by atoms with van der Waals surface area (Å²) in [6.45, 7) is 4.16. The van der Waals surface area contributed by atoms with E-state index in [2.05, 4.69) is 18.2 Å². The van der Waals surface area contributed by atoms with Crippen LogP contribution in [0, 0.1) is 0 Å². The lowest BCUT2D eigenvalue weighted by molar-refractivity contribution is 0.0739. The Kier molecular flexibility index (Phi) is 4.31. The molecule has 0 fully saturated rings. The van der Waals surface area contributed by atoms with Gasteiger partial charge in [0.15, 0.2) is 0 Å². The van der Waals surface area contributed by atoms with Crippen molar-refractivity contribution in [2.45, 2.75) is 45.6 Å². The Labute approximate surface area is 147 Å². The molecule has 1 amide bonds. The molecule has 0 saturated carbocycles. The molecule has 2 aromatic rings. The van der Waals surface area contributed by atoms with E-state index in [-0.39, 0.29) is 5.91 Å². The summed E-state index contributed by atoms with van der Waals surface area (Å²) in [5.74, 6) is 1.10. The third kappa shape index (κ3) is 2.95. The molecule has 0 atom stereocenters. The molecule has 0 bridgehead atoms. The Morgan fingerprint density at radius 3 is 2.83 bits per heavy atom. The smallest absolute Gasteiger partial charge is 0.264 e. The van der Waals surface area contributed by atoms with Crippen molar-refractivity contribution in [1.82, 2.24) is 4.90 Å². The van der Waals surface area contributed by atoms with Gasteiger partial charge < -0.3 is 9.64 Å². The highest BCUT2D eigenvalue weighted by molar-refractivity contribution is 7.14. The summed E-state index contributed by atoms with van der Waals surface area (Å²) in [6, 6.07) is 8.42. The minimum absolute atomic E-state index is 0.196. The Morgan fingerprint density at radius 1 is 1.12 bits per heavy atom. The molecule has 1 aliphatic carbocycles. The van der Waals surface area contributed by atoms with Gasteiger partial charge in [0, 0.05) is 18.0 Å². The maximum atomic E-state index is 12.9. The second-order valence-corrected chi connectivity index (χ2v) is 7.74. The molecule has 4 rings (SSSR count). The number of hydrogen-bond donors (Lipinski definition) is 0. The maximum absolute atomic E-state index is 12.9. The topological polar surface area (TPSA) is 29.5 Å². The lowest BCUT2D eigenvalue weighted by Gasteiger charge is -2.29. The summed E-state index contributed by atoms with van der Waals surface area (Å²) in [6.07, 6.45) is 5.74. The van der Waals surface area contributed by atoms with Gasteiger partial charge in [0.2, 0.25) is 0 Å². The average Bonchev–Trinajstić information content (AvgIpc) is 3.05. The van der Waals surface area contributed by atoms with Gasteiger partial charge >= 0.3 is 0 Å². The van der Waals surface area contributed by atoms with Gasteiger partial charge in [-0.25, -0.2) is 0 Å². The van der Waals surface area contributed by atoms with Gasteiger partial charge in [0.05, 0.1) is 11.5 Å². The van der Waals surface area contributed by atoms with Crippen molar-refractivity contribution in [2.24, 2.45) is 0 Å². The van der Waals surface area contributed by atoms with Gasteiger partial charge in [-0.3, -0.25) is 4.79 Å². The van der Waals surface area contributed by atoms with Crippen LogP contribution in [0.5, 0.6) is 5.75 Å². The van der Waals surface area contributed by atoms with E-state index in [1.54, 1.807) is 11.3 Å². The van der Waals surface area contributed by atoms with Crippen molar-refractivity contribution >= 4 is 17.2 Å². The Bertz CT molecular complexity index is 741. The number of amides is 1. The first kappa shape index (κ1) is 15.7. The zero-order valence-electron chi connectivity index (χ0n) is 14.1. The van der Waals surface area contributed by atoms with Crippen LogP contribution in [0.15, 0.2) is 24.3 Å². The standard InChI is InChI=1S/C20H23NO2S/c1-2-23-17-8-7-14-9-10-21(13-16(14)11-17)20(22)19-12-15-5-3-4-6-18(15)24-19/h7-8,11-12H,2-6,9-10,13H2,1H3. The zero-order chi connectivity index (χ0) is 16.5. The van der Waals surface area contributed by atoms with Gasteiger partial charge in [0.1, 0.15) is 5.75 Å². The molecular weight excluding hydrogens is 318 g/mol. The van der Waals surface area contributed by atoms with Crippen LogP contribution in [0.3, 0.4) is 0 Å². The highest BCUT2D eigenvalue weighted by Gasteiger charge is 2.25. The summed E-state index contributed by atoms with van der Waals surface area (Å²) in [5, 5.41) is 0. The van der Waals surface area contributed by atoms with Crippen LogP contribution in [-0.4, -0.2) is 24.0 Å². The van der Waals surface area contributed by atoms with Crippen molar-refractivity contribution in [1.29, 1.82) is 0 Å². The quantitative estimate of drug-likeness (QED) is 0.836. The van der Waals surface area contributed by atoms with Gasteiger partial charge in [-0.2, -0.15) is 0 Å². The Balaban J connectivity index is 1.54. The van der Waals surface area contributed by atoms with Crippen LogP contribution in [0.4, 0.5) is 0 Å². The highest BCUT2D eigenvalue weighted by atomic mass is 32.1. The van der Waals surface area contributed by atoms with E-state index in [1.807, 2.05) is 17.9 Å². The fourth-order valence-electron chi connectivity index (χ4n) is 3.72. The second kappa shape index (κ2) is 6.60. The first-order valence-corrected chi connectivity index (χ1v) is 9.71. The lowest BCUT2D eigenvalue weighted by atomic mass is 9.98. The lowest BCUT2D eigenvalue weighted by Crippen LogP contribution is -2.35. The summed E-state index contributed by atoms with van der Waals surface area (Å²) >= 11 is 1.71. The summed E-state index contributed by atoms with van der Waals surface area (Å²) in [5.41, 5.74) is 3.97. The molecule has 3 nitrogen and oxygen atoms in total. The number of carbonyl (C=O) groups excluding carboxylic acids is 1. The number of hydrogen-bond acceptors (Lipinski definition) is 3. The maximum Gasteiger partial charge on any atom is 0.264 e. The van der Waals surface area contributed by atoms with E-state index >= 15 is 0 Å². The van der Waals surface area contributed by atoms with Crippen LogP contribution in [0.25, 0.3) is 0 Å². The van der Waals surface area contributed by atoms with Gasteiger partial charge in [-0.05, 0) is 73.9 Å². The van der Waals surface area contributed by atoms with Crippen molar-refractivity contribution in [2.75, 3.05) is 13.2 Å². The number of ether oxygens (including phenoxy) is 1. The number of rotatable bonds is 3. The van der Waals surface area contributed by atoms with Crippen LogP contribution >= 0.6 is 11.3 Å².